The van der Waals surface area contributed by atoms with Crippen LogP contribution < -0.4 is 69.5 Å². The molecule has 12 heteroatoms. The van der Waals surface area contributed by atoms with Gasteiger partial charge < -0.3 is 20.1 Å². The van der Waals surface area contributed by atoms with Crippen molar-refractivity contribution in [2.24, 2.45) is 10.2 Å². The number of aromatic carboxylic acids is 1. The quantitative estimate of drug-likeness (QED) is 0.193. The monoisotopic (exact) mass is 523 g/mol. The van der Waals surface area contributed by atoms with Crippen molar-refractivity contribution < 1.29 is 87.1 Å². The molecular weight excluding hydrogens is 504 g/mol. The predicted molar refractivity (Wildman–Crippen MR) is 125 cm³/mol. The van der Waals surface area contributed by atoms with Crippen LogP contribution >= 0.6 is 0 Å². The number of para-hydroxylation sites is 1. The largest absolute Gasteiger partial charge is 1.00 e. The molecule has 36 heavy (non-hydrogen) atoms. The topological polar surface area (TPSA) is 154 Å². The van der Waals surface area contributed by atoms with Gasteiger partial charge in [-0.1, -0.05) is 49.6 Å². The number of carboxylic acids is 1. The summed E-state index contributed by atoms with van der Waals surface area (Å²) in [6, 6.07) is 20.5. The van der Waals surface area contributed by atoms with E-state index in [0.717, 1.165) is 11.8 Å². The summed E-state index contributed by atoms with van der Waals surface area (Å²) >= 11 is 0. The van der Waals surface area contributed by atoms with E-state index in [0.29, 0.717) is 5.69 Å². The number of fused-ring (bicyclic) bond motifs is 1. The van der Waals surface area contributed by atoms with Gasteiger partial charge in [-0.3, -0.25) is 0 Å². The number of nitrogens with one attached hydrogen (secondary N) is 1. The molecule has 2 N–H and O–H groups in total. The number of nitrogens with zero attached hydrogens (tertiary/aromatic N) is 2. The van der Waals surface area contributed by atoms with Gasteiger partial charge in [0.15, 0.2) is 0 Å². The average molecular weight is 523 g/mol. The number of azo groups is 1. The fraction of sp³-hybridized carbons (Fsp3) is 0.0417. The minimum absolute atomic E-state index is 0. The molecule has 0 heterocycles. The van der Waals surface area contributed by atoms with E-state index in [1.807, 2.05) is 30.3 Å². The van der Waals surface area contributed by atoms with Crippen molar-refractivity contribution in [3.05, 3.63) is 84.4 Å². The second-order valence-corrected chi connectivity index (χ2v) is 8.30. The third kappa shape index (κ3) is 7.15. The molecule has 0 bridgehead atoms. The Morgan fingerprint density at radius 1 is 0.861 bits per heavy atom. The van der Waals surface area contributed by atoms with Crippen LogP contribution in [0.4, 0.5) is 22.7 Å². The fourth-order valence-corrected chi connectivity index (χ4v) is 3.87. The molecule has 0 saturated heterocycles. The Bertz CT molecular complexity index is 1510. The number of carbonyl (C=O) groups is 1. The number of benzene rings is 4. The molecule has 0 spiro atoms. The van der Waals surface area contributed by atoms with Gasteiger partial charge >= 0.3 is 65.1 Å². The van der Waals surface area contributed by atoms with Crippen LogP contribution in [0.5, 0.6) is 5.75 Å². The van der Waals surface area contributed by atoms with Gasteiger partial charge in [-0.05, 0) is 53.2 Å². The van der Waals surface area contributed by atoms with Crippen LogP contribution in [0.25, 0.3) is 10.8 Å². The molecule has 0 aliphatic rings. The van der Waals surface area contributed by atoms with Crippen LogP contribution in [0, 0.1) is 0 Å². The molecule has 9 nitrogen and oxygen atoms in total. The molecule has 174 valence electrons. The van der Waals surface area contributed by atoms with E-state index in [1.165, 1.54) is 36.4 Å². The second-order valence-electron chi connectivity index (χ2n) is 6.96. The molecule has 4 rings (SSSR count). The summed E-state index contributed by atoms with van der Waals surface area (Å²) in [5, 5.41) is 33.3. The molecule has 0 aromatic heterocycles. The maximum absolute atomic E-state index is 13.1. The number of hydrogen-bond acceptors (Lipinski definition) is 8. The minimum atomic E-state index is -5.07. The van der Waals surface area contributed by atoms with E-state index in [1.54, 1.807) is 6.07 Å². The number of hydrogen-bond donors (Lipinski definition) is 2. The molecule has 0 amide bonds. The Balaban J connectivity index is 0.00000216. The Kier molecular flexibility index (Phi) is 11.7. The van der Waals surface area contributed by atoms with Gasteiger partial charge in [0.2, 0.25) is 0 Å². The first-order valence-electron chi connectivity index (χ1n) is 9.54. The zero-order chi connectivity index (χ0) is 23.6. The molecule has 0 aliphatic carbocycles. The number of rotatable bonds is 6. The molecule has 0 saturated carbocycles. The van der Waals surface area contributed by atoms with Crippen molar-refractivity contribution in [3.63, 3.8) is 0 Å². The number of anilines is 2. The minimum Gasteiger partial charge on any atom is -0.871 e. The van der Waals surface area contributed by atoms with E-state index in [9.17, 15) is 28.0 Å². The molecule has 4 aromatic rings. The van der Waals surface area contributed by atoms with Crippen LogP contribution in [-0.2, 0) is 10.1 Å². The van der Waals surface area contributed by atoms with E-state index in [4.69, 9.17) is 0 Å². The van der Waals surface area contributed by atoms with Crippen LogP contribution in [0.3, 0.4) is 0 Å². The molecule has 0 fully saturated rings. The molecule has 0 aliphatic heterocycles. The van der Waals surface area contributed by atoms with Crippen molar-refractivity contribution in [2.45, 2.75) is 12.3 Å². The molecule has 0 unspecified atom stereocenters. The van der Waals surface area contributed by atoms with Gasteiger partial charge in [0.1, 0.15) is 15.8 Å². The summed E-state index contributed by atoms with van der Waals surface area (Å²) in [6.07, 6.45) is 0. The summed E-state index contributed by atoms with van der Waals surface area (Å²) in [5.74, 6) is -2.10. The first kappa shape index (κ1) is 31.7. The molecular formula is C24H19N3Na2O6S. The van der Waals surface area contributed by atoms with Crippen molar-refractivity contribution in [3.8, 4) is 5.75 Å². The maximum atomic E-state index is 13.1. The summed E-state index contributed by atoms with van der Waals surface area (Å²) in [5.41, 5.74) is 0.346. The van der Waals surface area contributed by atoms with Crippen LogP contribution in [-0.4, -0.2) is 24.0 Å². The summed E-state index contributed by atoms with van der Waals surface area (Å²) in [4.78, 5) is 10.5. The van der Waals surface area contributed by atoms with E-state index >= 15 is 0 Å². The molecule has 0 atom stereocenters. The maximum Gasteiger partial charge on any atom is 1.00 e. The van der Waals surface area contributed by atoms with Crippen LogP contribution in [0.15, 0.2) is 94.0 Å². The first-order chi connectivity index (χ1) is 15.7. The smallest absolute Gasteiger partial charge is 0.871 e. The standard InChI is InChI=1S/C23H17N3O6S.CH4.2Na/c27-22-18-13-16(24-15-6-2-1-3-7-15)11-10-14(18)12-20(33(30,31)32)21(22)26-25-19-9-5-4-8-17(19)23(28)29;;;/h1-13,24,27H,(H,28,29)(H,30,31,32);1H4;;/q;;2*+1/p-2. The average Bonchev–Trinajstić information content (AvgIpc) is 2.79. The van der Waals surface area contributed by atoms with Crippen molar-refractivity contribution in [1.29, 1.82) is 0 Å². The summed E-state index contributed by atoms with van der Waals surface area (Å²) in [7, 11) is -5.07. The third-order valence-electron chi connectivity index (χ3n) is 4.76. The van der Waals surface area contributed by atoms with Gasteiger partial charge in [0.05, 0.1) is 16.1 Å². The fourth-order valence-electron chi connectivity index (χ4n) is 3.22. The zero-order valence-electron chi connectivity index (χ0n) is 18.8. The summed E-state index contributed by atoms with van der Waals surface area (Å²) in [6.45, 7) is 0. The Hall–Kier alpha value is -2.28. The number of carboxylic acid groups (broad SMARTS) is 1. The Labute approximate surface area is 252 Å². The van der Waals surface area contributed by atoms with E-state index in [2.05, 4.69) is 15.5 Å². The third-order valence-corrected chi connectivity index (χ3v) is 5.61. The van der Waals surface area contributed by atoms with Gasteiger partial charge in [-0.2, -0.15) is 0 Å². The molecule has 4 aromatic carbocycles. The summed E-state index contributed by atoms with van der Waals surface area (Å²) < 4.78 is 35.5. The van der Waals surface area contributed by atoms with Crippen molar-refractivity contribution in [1.82, 2.24) is 0 Å². The second kappa shape index (κ2) is 13.3. The zero-order valence-corrected chi connectivity index (χ0v) is 23.6. The Morgan fingerprint density at radius 3 is 2.14 bits per heavy atom. The molecule has 0 radical (unpaired) electrons. The van der Waals surface area contributed by atoms with Gasteiger partial charge in [-0.15, -0.1) is 10.2 Å². The predicted octanol–water partition coefficient (Wildman–Crippen LogP) is -0.681. The van der Waals surface area contributed by atoms with Gasteiger partial charge in [0.25, 0.3) is 0 Å². The van der Waals surface area contributed by atoms with Crippen molar-refractivity contribution in [2.75, 3.05) is 5.32 Å². The van der Waals surface area contributed by atoms with Crippen LogP contribution in [0.1, 0.15) is 17.8 Å². The van der Waals surface area contributed by atoms with E-state index < -0.39 is 32.4 Å². The van der Waals surface area contributed by atoms with Crippen LogP contribution in [0.2, 0.25) is 0 Å². The Morgan fingerprint density at radius 2 is 1.50 bits per heavy atom. The van der Waals surface area contributed by atoms with Gasteiger partial charge in [0, 0.05) is 11.4 Å². The normalized spacial score (nSPS) is 10.7. The first-order valence-corrected chi connectivity index (χ1v) is 10.9. The van der Waals surface area contributed by atoms with Gasteiger partial charge in [-0.25, -0.2) is 13.2 Å². The SMILES string of the molecule is C.O=C(O)c1ccccc1N=Nc1c(S(=O)(=O)[O-])cc2ccc(Nc3ccccc3)cc2c1[O-].[Na+].[Na+]. The van der Waals surface area contributed by atoms with Crippen molar-refractivity contribution >= 4 is 49.6 Å². The van der Waals surface area contributed by atoms with E-state index in [-0.39, 0.29) is 88.6 Å².